The number of nitrogens with one attached hydrogen (secondary N) is 2. The maximum atomic E-state index is 13.8. The van der Waals surface area contributed by atoms with E-state index in [4.69, 9.17) is 35.9 Å². The fourth-order valence-electron chi connectivity index (χ4n) is 4.12. The molecule has 3 aromatic rings. The Hall–Kier alpha value is -3.26. The number of carbonyl (C=O) groups is 1. The molecule has 2 aromatic heterocycles. The average molecular weight is 596 g/mol. The highest BCUT2D eigenvalue weighted by molar-refractivity contribution is 7.52. The fraction of sp³-hybridized carbons (Fsp3) is 0.417. The minimum atomic E-state index is -4.22. The number of rotatable bonds is 12. The number of carbonyl (C=O) groups excluding carboxylic acids is 1. The van der Waals surface area contributed by atoms with Crippen molar-refractivity contribution in [3.05, 3.63) is 49.3 Å². The zero-order chi connectivity index (χ0) is 29.1. The molecule has 1 unspecified atom stereocenters. The molecular weight excluding hydrogens is 565 g/mol. The number of nitrogen functional groups attached to an aromatic ring is 1. The molecule has 0 radical (unpaired) electrons. The van der Waals surface area contributed by atoms with E-state index < -0.39 is 49.7 Å². The van der Waals surface area contributed by atoms with Crippen LogP contribution in [0.3, 0.4) is 0 Å². The number of alkyl halides is 1. The molecule has 16 heteroatoms. The lowest BCUT2D eigenvalue weighted by Crippen LogP contribution is -2.41. The van der Waals surface area contributed by atoms with E-state index in [9.17, 15) is 14.5 Å². The summed E-state index contributed by atoms with van der Waals surface area (Å²) in [4.78, 5) is 23.4. The molecule has 1 fully saturated rings. The van der Waals surface area contributed by atoms with Crippen molar-refractivity contribution in [2.75, 3.05) is 31.3 Å². The second-order valence-electron chi connectivity index (χ2n) is 8.81. The first-order valence-corrected chi connectivity index (χ1v) is 14.2. The molecule has 0 saturated carbocycles. The maximum Gasteiger partial charge on any atom is 0.459 e. The number of hydrogen-bond acceptors (Lipinski definition) is 12. The van der Waals surface area contributed by atoms with Gasteiger partial charge in [-0.2, -0.15) is 15.1 Å². The van der Waals surface area contributed by atoms with Crippen LogP contribution in [0.25, 0.3) is 11.2 Å². The fourth-order valence-corrected chi connectivity index (χ4v) is 5.92. The molecule has 1 aliphatic rings. The number of halogens is 1. The smallest absolute Gasteiger partial charge is 0.459 e. The molecule has 0 bridgehead atoms. The first-order chi connectivity index (χ1) is 19.0. The number of ether oxygens (including phenoxy) is 2. The first kappa shape index (κ1) is 29.7. The number of aliphatic hydroxyl groups excluding tert-OH is 1. The van der Waals surface area contributed by atoms with E-state index in [1.165, 1.54) is 23.9 Å². The second-order valence-corrected chi connectivity index (χ2v) is 11.2. The van der Waals surface area contributed by atoms with Crippen LogP contribution in [-0.2, 0) is 23.4 Å². The van der Waals surface area contributed by atoms with Crippen LogP contribution in [0.4, 0.5) is 11.8 Å². The van der Waals surface area contributed by atoms with Gasteiger partial charge in [-0.25, -0.2) is 9.55 Å². The normalized spacial score (nSPS) is 24.8. The summed E-state index contributed by atoms with van der Waals surface area (Å²) in [6.07, 6.45) is -0.814. The van der Waals surface area contributed by atoms with Gasteiger partial charge in [0, 0.05) is 7.05 Å². The second kappa shape index (κ2) is 12.1. The summed E-state index contributed by atoms with van der Waals surface area (Å²) >= 11 is 6.85. The van der Waals surface area contributed by atoms with E-state index in [1.54, 1.807) is 44.3 Å². The Kier molecular flexibility index (Phi) is 8.98. The number of nitrogens with two attached hydrogens (primary N) is 1. The zero-order valence-electron chi connectivity index (χ0n) is 22.1. The summed E-state index contributed by atoms with van der Waals surface area (Å²) in [6.45, 7) is 6.57. The number of esters is 1. The van der Waals surface area contributed by atoms with E-state index in [2.05, 4.69) is 31.9 Å². The lowest BCUT2D eigenvalue weighted by atomic mass is 9.99. The largest absolute Gasteiger partial charge is 0.465 e. The maximum absolute atomic E-state index is 13.8. The topological polar surface area (TPSA) is 185 Å². The monoisotopic (exact) mass is 595 g/mol. The first-order valence-electron chi connectivity index (χ1n) is 12.3. The summed E-state index contributed by atoms with van der Waals surface area (Å²) in [5, 5.41) is 16.7. The molecule has 5 N–H and O–H groups in total. The highest BCUT2D eigenvalue weighted by Crippen LogP contribution is 2.49. The van der Waals surface area contributed by atoms with Crippen LogP contribution in [0.1, 0.15) is 20.1 Å². The van der Waals surface area contributed by atoms with Crippen molar-refractivity contribution in [3.63, 3.8) is 0 Å². The van der Waals surface area contributed by atoms with Crippen molar-refractivity contribution < 1.29 is 33.0 Å². The lowest BCUT2D eigenvalue weighted by molar-refractivity contribution is -0.144. The average Bonchev–Trinajstić information content (AvgIpc) is 3.46. The van der Waals surface area contributed by atoms with Gasteiger partial charge in [0.05, 0.1) is 19.5 Å². The zero-order valence-corrected chi connectivity index (χ0v) is 23.7. The minimum absolute atomic E-state index is 0.0170. The molecule has 1 saturated heterocycles. The molecule has 14 nitrogen and oxygen atoms in total. The highest BCUT2D eigenvalue weighted by Gasteiger charge is 2.55. The van der Waals surface area contributed by atoms with Gasteiger partial charge in [0.1, 0.15) is 28.9 Å². The number of benzene rings is 1. The molecule has 0 amide bonds. The standard InChI is InChI=1S/C24H31ClN7O7P/c1-5-24(25)18(33)16(38-22(24)32-13-28-17-19(27-4)29-23(26)30-20(17)32)12-37-40(35,31-14(3)21(34)36-6-2)39-15-10-8-7-9-11-15/h5,7-11,13-14,16,18,22,33H,1,6,12H2,2-4H3,(H,31,35)(H3,26,27,29,30)/t14?,16-,18-,22-,24-,40-/m1/s1. The highest BCUT2D eigenvalue weighted by atomic mass is 35.5. The summed E-state index contributed by atoms with van der Waals surface area (Å²) in [5.41, 5.74) is 6.56. The number of aliphatic hydroxyl groups is 1. The van der Waals surface area contributed by atoms with Gasteiger partial charge in [0.15, 0.2) is 23.2 Å². The van der Waals surface area contributed by atoms with Gasteiger partial charge in [-0.3, -0.25) is 13.9 Å². The Bertz CT molecular complexity index is 1410. The van der Waals surface area contributed by atoms with Gasteiger partial charge in [0.2, 0.25) is 5.95 Å². The third-order valence-electron chi connectivity index (χ3n) is 6.10. The van der Waals surface area contributed by atoms with Crippen LogP contribution < -0.4 is 20.7 Å². The third-order valence-corrected chi connectivity index (χ3v) is 8.31. The van der Waals surface area contributed by atoms with Crippen LogP contribution in [0, 0.1) is 0 Å². The Balaban J connectivity index is 1.60. The number of aromatic nitrogens is 4. The van der Waals surface area contributed by atoms with Crippen LogP contribution in [-0.4, -0.2) is 74.0 Å². The molecule has 1 aliphatic heterocycles. The Morgan fingerprint density at radius 3 is 2.77 bits per heavy atom. The number of imidazole rings is 1. The van der Waals surface area contributed by atoms with E-state index in [-0.39, 0.29) is 18.3 Å². The quantitative estimate of drug-likeness (QED) is 0.104. The minimum Gasteiger partial charge on any atom is -0.465 e. The summed E-state index contributed by atoms with van der Waals surface area (Å²) in [6, 6.07) is 7.22. The number of hydrogen-bond donors (Lipinski definition) is 4. The molecule has 0 spiro atoms. The molecule has 1 aromatic carbocycles. The van der Waals surface area contributed by atoms with E-state index in [0.29, 0.717) is 17.0 Å². The van der Waals surface area contributed by atoms with Crippen LogP contribution >= 0.6 is 19.3 Å². The molecule has 4 rings (SSSR count). The summed E-state index contributed by atoms with van der Waals surface area (Å²) in [5.74, 6) is -0.0582. The van der Waals surface area contributed by atoms with Crippen LogP contribution in [0.2, 0.25) is 0 Å². The number of anilines is 2. The van der Waals surface area contributed by atoms with Gasteiger partial charge in [0.25, 0.3) is 0 Å². The molecule has 3 heterocycles. The molecule has 40 heavy (non-hydrogen) atoms. The predicted molar refractivity (Wildman–Crippen MR) is 148 cm³/mol. The number of nitrogens with zero attached hydrogens (tertiary/aromatic N) is 4. The summed E-state index contributed by atoms with van der Waals surface area (Å²) < 4.78 is 37.7. The van der Waals surface area contributed by atoms with Crippen molar-refractivity contribution in [1.29, 1.82) is 0 Å². The number of fused-ring (bicyclic) bond motifs is 1. The predicted octanol–water partition coefficient (Wildman–Crippen LogP) is 2.62. The van der Waals surface area contributed by atoms with Crippen molar-refractivity contribution in [1.82, 2.24) is 24.6 Å². The molecule has 6 atom stereocenters. The SMILES string of the molecule is C=C[C@@]1(Cl)[C@H](O)[C@@H](CO[P@](=O)(NC(C)C(=O)OCC)Oc2ccccc2)O[C@H]1n1cnc2c(NC)nc(N)nc21. The van der Waals surface area contributed by atoms with Gasteiger partial charge in [-0.15, -0.1) is 18.2 Å². The molecule has 0 aliphatic carbocycles. The number of para-hydroxylation sites is 1. The van der Waals surface area contributed by atoms with Gasteiger partial charge in [-0.05, 0) is 26.0 Å². The summed E-state index contributed by atoms with van der Waals surface area (Å²) in [7, 11) is -2.56. The molecule has 216 valence electrons. The van der Waals surface area contributed by atoms with Crippen molar-refractivity contribution in [3.8, 4) is 5.75 Å². The van der Waals surface area contributed by atoms with Gasteiger partial charge in [-0.1, -0.05) is 24.3 Å². The van der Waals surface area contributed by atoms with Crippen LogP contribution in [0.15, 0.2) is 49.3 Å². The third kappa shape index (κ3) is 5.92. The molecular formula is C24H31ClN7O7P. The van der Waals surface area contributed by atoms with Crippen molar-refractivity contribution >= 4 is 48.2 Å². The van der Waals surface area contributed by atoms with E-state index in [1.807, 2.05) is 0 Å². The van der Waals surface area contributed by atoms with Crippen LogP contribution in [0.5, 0.6) is 5.75 Å². The Labute approximate surface area is 235 Å². The van der Waals surface area contributed by atoms with Gasteiger partial charge >= 0.3 is 13.7 Å². The van der Waals surface area contributed by atoms with Crippen molar-refractivity contribution in [2.45, 2.75) is 43.2 Å². The van der Waals surface area contributed by atoms with Crippen molar-refractivity contribution in [2.24, 2.45) is 0 Å². The Morgan fingerprint density at radius 2 is 2.12 bits per heavy atom. The van der Waals surface area contributed by atoms with E-state index in [0.717, 1.165) is 0 Å². The van der Waals surface area contributed by atoms with Gasteiger partial charge < -0.3 is 30.2 Å². The lowest BCUT2D eigenvalue weighted by Gasteiger charge is -2.27. The van der Waals surface area contributed by atoms with E-state index >= 15 is 0 Å². The Morgan fingerprint density at radius 1 is 1.40 bits per heavy atom.